The van der Waals surface area contributed by atoms with Crippen molar-refractivity contribution in [2.45, 2.75) is 62.4 Å². The van der Waals surface area contributed by atoms with Crippen LogP contribution < -0.4 is 0 Å². The number of ether oxygens (including phenoxy) is 2. The number of halogens is 3. The Morgan fingerprint density at radius 3 is 2.50 bits per heavy atom. The summed E-state index contributed by atoms with van der Waals surface area (Å²) in [4.78, 5) is 0.383. The summed E-state index contributed by atoms with van der Waals surface area (Å²) in [5, 5.41) is 1.30. The molecule has 0 aliphatic carbocycles. The third kappa shape index (κ3) is 2.63. The first-order chi connectivity index (χ1) is 10.3. The summed E-state index contributed by atoms with van der Waals surface area (Å²) in [6, 6.07) is 5.53. The highest BCUT2D eigenvalue weighted by atomic mass is 79.9. The van der Waals surface area contributed by atoms with Gasteiger partial charge < -0.3 is 9.47 Å². The highest BCUT2D eigenvalue weighted by Gasteiger charge is 2.65. The zero-order valence-electron chi connectivity index (χ0n) is 13.0. The van der Waals surface area contributed by atoms with Crippen molar-refractivity contribution in [2.75, 3.05) is 0 Å². The summed E-state index contributed by atoms with van der Waals surface area (Å²) in [5.74, 6) is 0.441. The van der Waals surface area contributed by atoms with Gasteiger partial charge in [-0.2, -0.15) is 0 Å². The van der Waals surface area contributed by atoms with Gasteiger partial charge in [-0.3, -0.25) is 0 Å². The fourth-order valence-electron chi connectivity index (χ4n) is 3.75. The van der Waals surface area contributed by atoms with Crippen molar-refractivity contribution in [2.24, 2.45) is 5.92 Å². The molecule has 1 aromatic carbocycles. The van der Waals surface area contributed by atoms with Gasteiger partial charge in [0.2, 0.25) is 0 Å². The van der Waals surface area contributed by atoms with Gasteiger partial charge in [0, 0.05) is 26.9 Å². The smallest absolute Gasteiger partial charge is 0.0936 e. The Kier molecular flexibility index (Phi) is 4.59. The van der Waals surface area contributed by atoms with Crippen molar-refractivity contribution in [3.8, 4) is 0 Å². The Balaban J connectivity index is 1.75. The molecule has 0 unspecified atom stereocenters. The third-order valence-corrected chi connectivity index (χ3v) is 7.00. The normalized spacial score (nSPS) is 37.2. The molecule has 122 valence electrons. The monoisotopic (exact) mass is 406 g/mol. The summed E-state index contributed by atoms with van der Waals surface area (Å²) >= 11 is 16.3. The fraction of sp³-hybridized carbons (Fsp3) is 0.647. The fourth-order valence-corrected chi connectivity index (χ4v) is 5.70. The lowest BCUT2D eigenvalue weighted by Crippen LogP contribution is -2.44. The van der Waals surface area contributed by atoms with Gasteiger partial charge in [0.15, 0.2) is 0 Å². The van der Waals surface area contributed by atoms with E-state index >= 15 is 0 Å². The van der Waals surface area contributed by atoms with Crippen molar-refractivity contribution in [3.05, 3.63) is 33.8 Å². The molecule has 22 heavy (non-hydrogen) atoms. The van der Waals surface area contributed by atoms with E-state index in [0.29, 0.717) is 27.4 Å². The molecule has 1 aromatic rings. The summed E-state index contributed by atoms with van der Waals surface area (Å²) < 4.78 is 12.6. The second-order valence-corrected chi connectivity index (χ2v) is 8.82. The molecule has 0 saturated carbocycles. The average molecular weight is 408 g/mol. The van der Waals surface area contributed by atoms with E-state index in [-0.39, 0.29) is 17.3 Å². The molecule has 0 radical (unpaired) electrons. The molecular weight excluding hydrogens is 387 g/mol. The summed E-state index contributed by atoms with van der Waals surface area (Å²) in [7, 11) is 0. The Morgan fingerprint density at radius 1 is 1.32 bits per heavy atom. The van der Waals surface area contributed by atoms with Crippen molar-refractivity contribution >= 4 is 39.1 Å². The van der Waals surface area contributed by atoms with E-state index in [0.717, 1.165) is 18.4 Å². The lowest BCUT2D eigenvalue weighted by Gasteiger charge is -2.35. The van der Waals surface area contributed by atoms with Crippen LogP contribution in [-0.2, 0) is 16.1 Å². The quantitative estimate of drug-likeness (QED) is 0.603. The second kappa shape index (κ2) is 5.93. The summed E-state index contributed by atoms with van der Waals surface area (Å²) in [6.45, 7) is 7.00. The number of fused-ring (bicyclic) bond motifs is 2. The minimum Gasteiger partial charge on any atom is -0.370 e. The van der Waals surface area contributed by atoms with Crippen LogP contribution in [0.5, 0.6) is 0 Å². The van der Waals surface area contributed by atoms with Crippen LogP contribution in [0.4, 0.5) is 0 Å². The van der Waals surface area contributed by atoms with Gasteiger partial charge in [0.1, 0.15) is 0 Å². The zero-order chi connectivity index (χ0) is 16.1. The first kappa shape index (κ1) is 17.0. The lowest BCUT2D eigenvalue weighted by atomic mass is 9.75. The minimum absolute atomic E-state index is 0.0658. The van der Waals surface area contributed by atoms with Crippen LogP contribution in [0.1, 0.15) is 39.2 Å². The number of hydrogen-bond donors (Lipinski definition) is 0. The number of hydrogen-bond acceptors (Lipinski definition) is 2. The van der Waals surface area contributed by atoms with Crippen molar-refractivity contribution in [1.29, 1.82) is 0 Å². The van der Waals surface area contributed by atoms with Crippen molar-refractivity contribution in [1.82, 2.24) is 0 Å². The molecule has 0 aromatic heterocycles. The SMILES string of the molecule is CC(C)[C@@]12C[C@H](OCc3c(Cl)cccc3Cl)[C@@](C)(C[C@H]1Br)O2. The van der Waals surface area contributed by atoms with E-state index in [4.69, 9.17) is 32.7 Å². The summed E-state index contributed by atoms with van der Waals surface area (Å²) in [6.07, 6.45) is 1.93. The maximum Gasteiger partial charge on any atom is 0.0936 e. The van der Waals surface area contributed by atoms with Crippen LogP contribution in [0, 0.1) is 5.92 Å². The molecule has 4 atom stereocenters. The van der Waals surface area contributed by atoms with Gasteiger partial charge in [0.25, 0.3) is 0 Å². The molecule has 0 spiro atoms. The molecule has 0 amide bonds. The Labute approximate surface area is 150 Å². The van der Waals surface area contributed by atoms with Gasteiger partial charge in [-0.25, -0.2) is 0 Å². The van der Waals surface area contributed by atoms with Crippen LogP contribution in [0.3, 0.4) is 0 Å². The van der Waals surface area contributed by atoms with Crippen molar-refractivity contribution in [3.63, 3.8) is 0 Å². The minimum atomic E-state index is -0.244. The summed E-state index contributed by atoms with van der Waals surface area (Å²) in [5.41, 5.74) is 0.474. The predicted molar refractivity (Wildman–Crippen MR) is 94.0 cm³/mol. The molecule has 0 N–H and O–H groups in total. The number of alkyl halides is 1. The maximum absolute atomic E-state index is 6.44. The van der Waals surface area contributed by atoms with E-state index in [2.05, 4.69) is 36.7 Å². The van der Waals surface area contributed by atoms with Crippen LogP contribution >= 0.6 is 39.1 Å². The second-order valence-electron chi connectivity index (χ2n) is 6.90. The van der Waals surface area contributed by atoms with E-state index in [1.807, 2.05) is 18.2 Å². The standard InChI is InChI=1S/C17H21BrCl2O2/c1-10(2)17-8-15(16(3,22-17)7-14(17)18)21-9-11-12(19)5-4-6-13(11)20/h4-6,10,14-15H,7-9H2,1-3H3/t14-,15+,16-,17+/m1/s1. The Bertz CT molecular complexity index is 560. The topological polar surface area (TPSA) is 18.5 Å². The largest absolute Gasteiger partial charge is 0.370 e. The molecule has 3 rings (SSSR count). The molecular formula is C17H21BrCl2O2. The first-order valence-corrected chi connectivity index (χ1v) is 9.34. The van der Waals surface area contributed by atoms with Gasteiger partial charge in [-0.1, -0.05) is 59.0 Å². The van der Waals surface area contributed by atoms with Gasteiger partial charge in [0.05, 0.1) is 23.9 Å². The molecule has 2 fully saturated rings. The molecule has 2 aliphatic heterocycles. The predicted octanol–water partition coefficient (Wildman–Crippen LogP) is 5.62. The molecule has 2 bridgehead atoms. The number of rotatable bonds is 4. The van der Waals surface area contributed by atoms with Crippen LogP contribution in [-0.4, -0.2) is 22.1 Å². The van der Waals surface area contributed by atoms with E-state index in [1.165, 1.54) is 0 Å². The third-order valence-electron chi connectivity index (χ3n) is 5.19. The first-order valence-electron chi connectivity index (χ1n) is 7.67. The van der Waals surface area contributed by atoms with Crippen molar-refractivity contribution < 1.29 is 9.47 Å². The van der Waals surface area contributed by atoms with E-state index in [9.17, 15) is 0 Å². The molecule has 2 heterocycles. The van der Waals surface area contributed by atoms with Gasteiger partial charge in [-0.05, 0) is 31.4 Å². The average Bonchev–Trinajstić information content (AvgIpc) is 2.86. The van der Waals surface area contributed by atoms with Crippen LogP contribution in [0.25, 0.3) is 0 Å². The highest BCUT2D eigenvalue weighted by Crippen LogP contribution is 2.57. The Morgan fingerprint density at radius 2 is 1.95 bits per heavy atom. The molecule has 5 heteroatoms. The molecule has 2 aliphatic rings. The van der Waals surface area contributed by atoms with Gasteiger partial charge >= 0.3 is 0 Å². The lowest BCUT2D eigenvalue weighted by molar-refractivity contribution is -0.0955. The number of benzene rings is 1. The van der Waals surface area contributed by atoms with Gasteiger partial charge in [-0.15, -0.1) is 0 Å². The van der Waals surface area contributed by atoms with Crippen LogP contribution in [0.15, 0.2) is 18.2 Å². The van der Waals surface area contributed by atoms with E-state index < -0.39 is 0 Å². The van der Waals surface area contributed by atoms with E-state index in [1.54, 1.807) is 0 Å². The maximum atomic E-state index is 6.44. The zero-order valence-corrected chi connectivity index (χ0v) is 16.1. The Hall–Kier alpha value is 0.200. The highest BCUT2D eigenvalue weighted by molar-refractivity contribution is 9.09. The molecule has 2 nitrogen and oxygen atoms in total. The molecule has 2 saturated heterocycles. The van der Waals surface area contributed by atoms with Crippen LogP contribution in [0.2, 0.25) is 10.0 Å².